The molecule has 0 aliphatic heterocycles. The summed E-state index contributed by atoms with van der Waals surface area (Å²) >= 11 is 0. The average molecular weight is 573 g/mol. The zero-order valence-electron chi connectivity index (χ0n) is 22.7. The fraction of sp³-hybridized carbons (Fsp3) is 0.577. The molecule has 0 heterocycles. The van der Waals surface area contributed by atoms with Crippen molar-refractivity contribution in [3.63, 3.8) is 0 Å². The lowest BCUT2D eigenvalue weighted by atomic mass is 9.99. The van der Waals surface area contributed by atoms with Crippen molar-refractivity contribution in [2.24, 2.45) is 17.0 Å². The molecule has 0 fully saturated rings. The van der Waals surface area contributed by atoms with Crippen molar-refractivity contribution in [3.8, 4) is 0 Å². The van der Waals surface area contributed by atoms with Gasteiger partial charge < -0.3 is 21.1 Å². The summed E-state index contributed by atoms with van der Waals surface area (Å²) in [6.45, 7) is 6.37. The molecule has 14 heteroatoms. The van der Waals surface area contributed by atoms with Gasteiger partial charge in [0.2, 0.25) is 11.8 Å². The van der Waals surface area contributed by atoms with Gasteiger partial charge in [-0.05, 0) is 42.4 Å². The lowest BCUT2D eigenvalue weighted by Gasteiger charge is -2.22. The third-order valence-electron chi connectivity index (χ3n) is 5.96. The van der Waals surface area contributed by atoms with E-state index in [1.54, 1.807) is 13.8 Å². The first-order valence-electron chi connectivity index (χ1n) is 12.7. The van der Waals surface area contributed by atoms with Gasteiger partial charge in [0, 0.05) is 18.5 Å². The molecular weight excluding hydrogens is 537 g/mol. The maximum atomic E-state index is 12.7. The number of carbonyl (C=O) groups excluding carboxylic acids is 4. The van der Waals surface area contributed by atoms with Crippen molar-refractivity contribution < 1.29 is 42.3 Å². The maximum absolute atomic E-state index is 12.7. The maximum Gasteiger partial charge on any atom is 0.452 e. The standard InChI is InChI=1S/C26H35F3N4O7/c1-14(2)21(23(37)26(27,28)29)31-19(34)7-5-6-12-30-25(39)22(15(3)4)32-24(38)17-10-8-16(9-11-17)18(33-40)13-20(35)36/h8-11,14-15,18,21-22H,5-7,12-13H2,1-4H3,(H,30,39)(H,31,34)(H,32,38)(H,35,36)/t18?,21?,22-/m0/s1. The van der Waals surface area contributed by atoms with Gasteiger partial charge in [-0.1, -0.05) is 45.0 Å². The normalized spacial score (nSPS) is 13.7. The van der Waals surface area contributed by atoms with Crippen molar-refractivity contribution in [2.45, 2.75) is 77.7 Å². The van der Waals surface area contributed by atoms with Crippen molar-refractivity contribution in [3.05, 3.63) is 40.3 Å². The number of amides is 3. The molecule has 0 aromatic heterocycles. The van der Waals surface area contributed by atoms with E-state index in [-0.39, 0.29) is 30.9 Å². The number of rotatable bonds is 16. The quantitative estimate of drug-likeness (QED) is 0.174. The molecule has 0 aliphatic rings. The van der Waals surface area contributed by atoms with E-state index in [0.717, 1.165) is 0 Å². The lowest BCUT2D eigenvalue weighted by Crippen LogP contribution is -2.50. The van der Waals surface area contributed by atoms with E-state index in [0.29, 0.717) is 12.0 Å². The number of halogens is 3. The number of nitrogens with zero attached hydrogens (tertiary/aromatic N) is 1. The molecule has 0 bridgehead atoms. The number of hydrogen-bond donors (Lipinski definition) is 4. The van der Waals surface area contributed by atoms with Crippen LogP contribution in [0.2, 0.25) is 0 Å². The molecule has 222 valence electrons. The highest BCUT2D eigenvalue weighted by atomic mass is 19.4. The molecule has 0 saturated heterocycles. The number of alkyl halides is 3. The second kappa shape index (κ2) is 15.7. The first kappa shape index (κ1) is 34.2. The minimum Gasteiger partial charge on any atom is -0.481 e. The molecule has 3 amide bonds. The fourth-order valence-electron chi connectivity index (χ4n) is 3.69. The first-order valence-corrected chi connectivity index (χ1v) is 12.7. The predicted molar refractivity (Wildman–Crippen MR) is 138 cm³/mol. The zero-order chi connectivity index (χ0) is 30.6. The molecule has 40 heavy (non-hydrogen) atoms. The van der Waals surface area contributed by atoms with Crippen LogP contribution in [0.4, 0.5) is 13.2 Å². The molecular formula is C26H35F3N4O7. The monoisotopic (exact) mass is 572 g/mol. The van der Waals surface area contributed by atoms with Gasteiger partial charge in [0.05, 0.1) is 12.5 Å². The van der Waals surface area contributed by atoms with Gasteiger partial charge >= 0.3 is 12.1 Å². The van der Waals surface area contributed by atoms with Gasteiger partial charge in [-0.15, -0.1) is 0 Å². The lowest BCUT2D eigenvalue weighted by molar-refractivity contribution is -0.174. The van der Waals surface area contributed by atoms with Gasteiger partial charge in [0.1, 0.15) is 12.1 Å². The molecule has 2 unspecified atom stereocenters. The summed E-state index contributed by atoms with van der Waals surface area (Å²) < 4.78 is 38.2. The predicted octanol–water partition coefficient (Wildman–Crippen LogP) is 3.28. The number of nitroso groups, excluding NO2 is 1. The van der Waals surface area contributed by atoms with E-state index >= 15 is 0 Å². The highest BCUT2D eigenvalue weighted by Crippen LogP contribution is 2.22. The third kappa shape index (κ3) is 11.1. The van der Waals surface area contributed by atoms with Crippen molar-refractivity contribution in [1.82, 2.24) is 16.0 Å². The van der Waals surface area contributed by atoms with Crippen LogP contribution in [0.5, 0.6) is 0 Å². The van der Waals surface area contributed by atoms with Crippen molar-refractivity contribution in [2.75, 3.05) is 6.54 Å². The first-order chi connectivity index (χ1) is 18.6. The molecule has 3 atom stereocenters. The summed E-state index contributed by atoms with van der Waals surface area (Å²) in [6.07, 6.45) is -5.14. The molecule has 1 aromatic rings. The van der Waals surface area contributed by atoms with E-state index in [2.05, 4.69) is 21.1 Å². The number of unbranched alkanes of at least 4 members (excludes halogenated alkanes) is 1. The largest absolute Gasteiger partial charge is 0.481 e. The Kier molecular flexibility index (Phi) is 13.4. The summed E-state index contributed by atoms with van der Waals surface area (Å²) in [5.41, 5.74) is 0.504. The smallest absolute Gasteiger partial charge is 0.452 e. The minimum absolute atomic E-state index is 0.138. The van der Waals surface area contributed by atoms with E-state index in [4.69, 9.17) is 5.11 Å². The number of nitrogens with one attached hydrogen (secondary N) is 3. The minimum atomic E-state index is -5.06. The molecule has 4 N–H and O–H groups in total. The van der Waals surface area contributed by atoms with E-state index in [1.807, 2.05) is 0 Å². The Morgan fingerprint density at radius 2 is 1.48 bits per heavy atom. The molecule has 0 radical (unpaired) electrons. The number of hydrogen-bond acceptors (Lipinski definition) is 7. The highest BCUT2D eigenvalue weighted by Gasteiger charge is 2.44. The van der Waals surface area contributed by atoms with Crippen LogP contribution in [0.3, 0.4) is 0 Å². The second-order valence-corrected chi connectivity index (χ2v) is 9.94. The van der Waals surface area contributed by atoms with Gasteiger partial charge in [-0.2, -0.15) is 18.1 Å². The Balaban J connectivity index is 2.59. The van der Waals surface area contributed by atoms with Gasteiger partial charge in [0.15, 0.2) is 0 Å². The van der Waals surface area contributed by atoms with Crippen LogP contribution in [0.15, 0.2) is 29.4 Å². The third-order valence-corrected chi connectivity index (χ3v) is 5.96. The van der Waals surface area contributed by atoms with E-state index < -0.39 is 66.1 Å². The highest BCUT2D eigenvalue weighted by molar-refractivity contribution is 5.97. The molecule has 11 nitrogen and oxygen atoms in total. The summed E-state index contributed by atoms with van der Waals surface area (Å²) in [4.78, 5) is 70.7. The van der Waals surface area contributed by atoms with Crippen molar-refractivity contribution in [1.29, 1.82) is 0 Å². The summed E-state index contributed by atoms with van der Waals surface area (Å²) in [6, 6.07) is 1.90. The molecule has 1 rings (SSSR count). The molecule has 0 spiro atoms. The number of ketones is 1. The molecule has 1 aromatic carbocycles. The van der Waals surface area contributed by atoms with E-state index in [1.165, 1.54) is 38.1 Å². The van der Waals surface area contributed by atoms with Crippen LogP contribution in [0, 0.1) is 16.7 Å². The second-order valence-electron chi connectivity index (χ2n) is 9.94. The number of benzene rings is 1. The van der Waals surface area contributed by atoms with E-state index in [9.17, 15) is 42.1 Å². The number of carboxylic acids is 1. The van der Waals surface area contributed by atoms with Gasteiger partial charge in [-0.25, -0.2) is 0 Å². The number of carboxylic acid groups (broad SMARTS) is 1. The van der Waals surface area contributed by atoms with Crippen LogP contribution in [0.25, 0.3) is 0 Å². The number of Topliss-reactive ketones (excluding diaryl/α,β-unsaturated/α-hetero) is 1. The van der Waals surface area contributed by atoms with Gasteiger partial charge in [-0.3, -0.25) is 24.0 Å². The Bertz CT molecular complexity index is 1060. The van der Waals surface area contributed by atoms with Crippen LogP contribution in [-0.2, 0) is 19.2 Å². The topological polar surface area (TPSA) is 171 Å². The van der Waals surface area contributed by atoms with Crippen LogP contribution >= 0.6 is 0 Å². The van der Waals surface area contributed by atoms with Gasteiger partial charge in [0.25, 0.3) is 11.7 Å². The SMILES string of the molecule is CC(C)C(NC(=O)CCCCNC(=O)[C@@H](NC(=O)c1ccc(C(CC(=O)O)N=O)cc1)C(C)C)C(=O)C(F)(F)F. The number of carbonyl (C=O) groups is 5. The molecule has 0 saturated carbocycles. The van der Waals surface area contributed by atoms with Crippen LogP contribution in [0.1, 0.15) is 75.3 Å². The fourth-order valence-corrected chi connectivity index (χ4v) is 3.69. The summed E-state index contributed by atoms with van der Waals surface area (Å²) in [5.74, 6) is -6.02. The Morgan fingerprint density at radius 3 is 1.95 bits per heavy atom. The summed E-state index contributed by atoms with van der Waals surface area (Å²) in [5, 5.41) is 19.1. The van der Waals surface area contributed by atoms with Crippen molar-refractivity contribution >= 4 is 29.5 Å². The number of aliphatic carboxylic acids is 1. The Hall–Kier alpha value is -3.84. The Labute approximate surface area is 229 Å². The Morgan fingerprint density at radius 1 is 0.900 bits per heavy atom. The van der Waals surface area contributed by atoms with Crippen LogP contribution < -0.4 is 16.0 Å². The van der Waals surface area contributed by atoms with Crippen LogP contribution in [-0.4, -0.2) is 59.4 Å². The molecule has 0 aliphatic carbocycles. The summed E-state index contributed by atoms with van der Waals surface area (Å²) in [7, 11) is 0. The zero-order valence-corrected chi connectivity index (χ0v) is 22.7. The average Bonchev–Trinajstić information content (AvgIpc) is 2.87.